The van der Waals surface area contributed by atoms with Gasteiger partial charge in [0.15, 0.2) is 5.82 Å². The first-order chi connectivity index (χ1) is 12.2. The third kappa shape index (κ3) is 4.22. The Kier molecular flexibility index (Phi) is 5.75. The molecular formula is C18H18F2N4S. The standard InChI is InChI=1S/C18H18F2N4S/c1-13(18-15(19)9-5-10-16(18)20)25-12-6-11-17-21-22-23-24(17)14-7-3-2-4-8-14/h2-5,7-10,13H,6,11-12H2,1H3. The second-order valence-corrected chi connectivity index (χ2v) is 7.04. The van der Waals surface area contributed by atoms with Crippen LogP contribution in [-0.4, -0.2) is 26.0 Å². The lowest BCUT2D eigenvalue weighted by molar-refractivity contribution is 0.557. The van der Waals surface area contributed by atoms with Crippen molar-refractivity contribution >= 4 is 11.8 Å². The highest BCUT2D eigenvalue weighted by molar-refractivity contribution is 7.99. The van der Waals surface area contributed by atoms with Gasteiger partial charge < -0.3 is 0 Å². The Morgan fingerprint density at radius 3 is 2.48 bits per heavy atom. The number of halogens is 2. The molecule has 0 radical (unpaired) electrons. The number of nitrogens with zero attached hydrogens (tertiary/aromatic N) is 4. The highest BCUT2D eigenvalue weighted by atomic mass is 32.2. The average Bonchev–Trinajstić information content (AvgIpc) is 3.08. The Morgan fingerprint density at radius 2 is 1.76 bits per heavy atom. The molecule has 0 spiro atoms. The molecule has 0 N–H and O–H groups in total. The van der Waals surface area contributed by atoms with Crippen molar-refractivity contribution in [2.45, 2.75) is 25.0 Å². The lowest BCUT2D eigenvalue weighted by Gasteiger charge is -2.13. The lowest BCUT2D eigenvalue weighted by Crippen LogP contribution is -2.04. The molecule has 7 heteroatoms. The zero-order chi connectivity index (χ0) is 17.6. The monoisotopic (exact) mass is 360 g/mol. The highest BCUT2D eigenvalue weighted by Crippen LogP contribution is 2.32. The van der Waals surface area contributed by atoms with Crippen LogP contribution in [0.15, 0.2) is 48.5 Å². The van der Waals surface area contributed by atoms with Crippen molar-refractivity contribution < 1.29 is 8.78 Å². The van der Waals surface area contributed by atoms with Gasteiger partial charge in [-0.25, -0.2) is 8.78 Å². The Labute approximate surface area is 149 Å². The van der Waals surface area contributed by atoms with Gasteiger partial charge in [-0.1, -0.05) is 24.3 Å². The van der Waals surface area contributed by atoms with Gasteiger partial charge in [0, 0.05) is 17.2 Å². The summed E-state index contributed by atoms with van der Waals surface area (Å²) < 4.78 is 29.3. The molecule has 2 aromatic carbocycles. The van der Waals surface area contributed by atoms with Crippen molar-refractivity contribution in [2.75, 3.05) is 5.75 Å². The van der Waals surface area contributed by atoms with Crippen molar-refractivity contribution in [1.29, 1.82) is 0 Å². The van der Waals surface area contributed by atoms with Crippen molar-refractivity contribution in [3.63, 3.8) is 0 Å². The van der Waals surface area contributed by atoms with Crippen LogP contribution in [0.5, 0.6) is 0 Å². The maximum Gasteiger partial charge on any atom is 0.156 e. The molecule has 1 unspecified atom stereocenters. The van der Waals surface area contributed by atoms with E-state index >= 15 is 0 Å². The molecule has 1 atom stereocenters. The summed E-state index contributed by atoms with van der Waals surface area (Å²) in [5.41, 5.74) is 1.05. The maximum absolute atomic E-state index is 13.8. The Hall–Kier alpha value is -2.28. The molecule has 0 amide bonds. The Balaban J connectivity index is 1.55. The molecule has 3 rings (SSSR count). The van der Waals surface area contributed by atoms with Crippen LogP contribution in [0.3, 0.4) is 0 Å². The molecule has 0 aliphatic heterocycles. The number of thioether (sulfide) groups is 1. The average molecular weight is 360 g/mol. The van der Waals surface area contributed by atoms with E-state index in [0.29, 0.717) is 6.42 Å². The lowest BCUT2D eigenvalue weighted by atomic mass is 10.1. The molecule has 3 aromatic rings. The fourth-order valence-electron chi connectivity index (χ4n) is 2.60. The van der Waals surface area contributed by atoms with Crippen LogP contribution >= 0.6 is 11.8 Å². The Bertz CT molecular complexity index is 803. The van der Waals surface area contributed by atoms with E-state index < -0.39 is 11.6 Å². The first-order valence-corrected chi connectivity index (χ1v) is 9.10. The third-order valence-corrected chi connectivity index (χ3v) is 5.11. The van der Waals surface area contributed by atoms with Crippen LogP contribution in [0.2, 0.25) is 0 Å². The van der Waals surface area contributed by atoms with Gasteiger partial charge >= 0.3 is 0 Å². The van der Waals surface area contributed by atoms with E-state index in [4.69, 9.17) is 0 Å². The largest absolute Gasteiger partial charge is 0.207 e. The van der Waals surface area contributed by atoms with Crippen LogP contribution in [0.4, 0.5) is 8.78 Å². The van der Waals surface area contributed by atoms with Gasteiger partial charge in [0.05, 0.1) is 5.69 Å². The van der Waals surface area contributed by atoms with Crippen molar-refractivity contribution in [3.05, 3.63) is 71.6 Å². The summed E-state index contributed by atoms with van der Waals surface area (Å²) in [7, 11) is 0. The number of hydrogen-bond acceptors (Lipinski definition) is 4. The summed E-state index contributed by atoms with van der Waals surface area (Å²) in [5.74, 6) is 0.550. The predicted octanol–water partition coefficient (Wildman–Crippen LogP) is 4.37. The van der Waals surface area contributed by atoms with Crippen LogP contribution < -0.4 is 0 Å². The third-order valence-electron chi connectivity index (χ3n) is 3.85. The van der Waals surface area contributed by atoms with Crippen molar-refractivity contribution in [3.8, 4) is 5.69 Å². The number of aryl methyl sites for hydroxylation is 1. The fraction of sp³-hybridized carbons (Fsp3) is 0.278. The molecule has 25 heavy (non-hydrogen) atoms. The molecule has 4 nitrogen and oxygen atoms in total. The fourth-order valence-corrected chi connectivity index (χ4v) is 3.66. The topological polar surface area (TPSA) is 43.6 Å². The first-order valence-electron chi connectivity index (χ1n) is 8.05. The molecule has 0 aliphatic carbocycles. The first kappa shape index (κ1) is 17.5. The molecule has 0 fully saturated rings. The minimum Gasteiger partial charge on any atom is -0.207 e. The normalized spacial score (nSPS) is 12.3. The van der Waals surface area contributed by atoms with Gasteiger partial charge in [-0.2, -0.15) is 16.4 Å². The zero-order valence-electron chi connectivity index (χ0n) is 13.8. The van der Waals surface area contributed by atoms with E-state index in [1.165, 1.54) is 30.0 Å². The smallest absolute Gasteiger partial charge is 0.156 e. The highest BCUT2D eigenvalue weighted by Gasteiger charge is 2.16. The van der Waals surface area contributed by atoms with Crippen LogP contribution in [0, 0.1) is 11.6 Å². The maximum atomic E-state index is 13.8. The van der Waals surface area contributed by atoms with Gasteiger partial charge in [-0.15, -0.1) is 5.10 Å². The number of para-hydroxylation sites is 1. The molecule has 0 aliphatic rings. The number of aromatic nitrogens is 4. The van der Waals surface area contributed by atoms with Gasteiger partial charge in [-0.3, -0.25) is 0 Å². The number of hydrogen-bond donors (Lipinski definition) is 0. The summed E-state index contributed by atoms with van der Waals surface area (Å²) in [5, 5.41) is 11.6. The van der Waals surface area contributed by atoms with E-state index in [9.17, 15) is 8.78 Å². The second-order valence-electron chi connectivity index (χ2n) is 5.59. The summed E-state index contributed by atoms with van der Waals surface area (Å²) in [6, 6.07) is 13.7. The summed E-state index contributed by atoms with van der Waals surface area (Å²) in [6.07, 6.45) is 1.51. The van der Waals surface area contributed by atoms with E-state index in [2.05, 4.69) is 15.5 Å². The minimum absolute atomic E-state index is 0.140. The van der Waals surface area contributed by atoms with Crippen LogP contribution in [-0.2, 0) is 6.42 Å². The van der Waals surface area contributed by atoms with E-state index in [-0.39, 0.29) is 10.8 Å². The zero-order valence-corrected chi connectivity index (χ0v) is 14.6. The molecule has 0 saturated carbocycles. The molecule has 0 bridgehead atoms. The number of rotatable bonds is 7. The van der Waals surface area contributed by atoms with Crippen molar-refractivity contribution in [1.82, 2.24) is 20.2 Å². The van der Waals surface area contributed by atoms with Crippen molar-refractivity contribution in [2.24, 2.45) is 0 Å². The number of tetrazole rings is 1. The van der Waals surface area contributed by atoms with Gasteiger partial charge in [0.2, 0.25) is 0 Å². The summed E-state index contributed by atoms with van der Waals surface area (Å²) in [4.78, 5) is 0. The molecular weight excluding hydrogens is 342 g/mol. The second kappa shape index (κ2) is 8.20. The predicted molar refractivity (Wildman–Crippen MR) is 94.7 cm³/mol. The minimum atomic E-state index is -0.493. The van der Waals surface area contributed by atoms with Crippen LogP contribution in [0.1, 0.15) is 30.0 Å². The summed E-state index contributed by atoms with van der Waals surface area (Å²) in [6.45, 7) is 1.82. The van der Waals surface area contributed by atoms with E-state index in [0.717, 1.165) is 23.7 Å². The molecule has 1 aromatic heterocycles. The Morgan fingerprint density at radius 1 is 1.04 bits per heavy atom. The van der Waals surface area contributed by atoms with Gasteiger partial charge in [0.1, 0.15) is 11.6 Å². The molecule has 130 valence electrons. The van der Waals surface area contributed by atoms with E-state index in [1.807, 2.05) is 37.3 Å². The van der Waals surface area contributed by atoms with Gasteiger partial charge in [0.25, 0.3) is 0 Å². The number of benzene rings is 2. The SMILES string of the molecule is CC(SCCCc1nnnn1-c1ccccc1)c1c(F)cccc1F. The molecule has 0 saturated heterocycles. The van der Waals surface area contributed by atoms with Crippen LogP contribution in [0.25, 0.3) is 5.69 Å². The van der Waals surface area contributed by atoms with Gasteiger partial charge in [-0.05, 0) is 53.8 Å². The summed E-state index contributed by atoms with van der Waals surface area (Å²) >= 11 is 1.52. The van der Waals surface area contributed by atoms with E-state index in [1.54, 1.807) is 4.68 Å². The molecule has 1 heterocycles. The quantitative estimate of drug-likeness (QED) is 0.587.